The Hall–Kier alpha value is -2.29. The maximum absolute atomic E-state index is 14.4. The topological polar surface area (TPSA) is 75.9 Å². The minimum atomic E-state index is -1.34. The lowest BCUT2D eigenvalue weighted by Crippen LogP contribution is -2.68. The number of benzene rings is 1. The van der Waals surface area contributed by atoms with Crippen molar-refractivity contribution in [1.29, 1.82) is 0 Å². The number of nitrogens with zero attached hydrogens (tertiary/aromatic N) is 2. The lowest BCUT2D eigenvalue weighted by atomic mass is 10.0. The number of amides is 1. The summed E-state index contributed by atoms with van der Waals surface area (Å²) >= 11 is 0. The van der Waals surface area contributed by atoms with Gasteiger partial charge in [0.25, 0.3) is 0 Å². The quantitative estimate of drug-likeness (QED) is 0.620. The van der Waals surface area contributed by atoms with Gasteiger partial charge in [0.2, 0.25) is 5.91 Å². The van der Waals surface area contributed by atoms with Gasteiger partial charge in [-0.25, -0.2) is 18.0 Å². The normalized spacial score (nSPS) is 20.3. The van der Waals surface area contributed by atoms with Crippen molar-refractivity contribution < 1.29 is 27.5 Å². The number of hydrogen-bond donors (Lipinski definition) is 1. The fourth-order valence-corrected chi connectivity index (χ4v) is 3.14. The van der Waals surface area contributed by atoms with Gasteiger partial charge in [0.1, 0.15) is 17.6 Å². The Labute approximate surface area is 162 Å². The number of nitrogens with two attached hydrogens (primary N) is 1. The molecule has 0 aromatic heterocycles. The zero-order valence-electron chi connectivity index (χ0n) is 16.5. The fraction of sp³-hybridized carbons (Fsp3) is 0.579. The molecule has 1 amide bonds. The number of carbonyl (C=O) groups excluding carboxylic acids is 2. The Balaban J connectivity index is 2.45. The predicted molar refractivity (Wildman–Crippen MR) is 97.9 cm³/mol. The minimum Gasteiger partial charge on any atom is -0.458 e. The zero-order valence-corrected chi connectivity index (χ0v) is 16.5. The van der Waals surface area contributed by atoms with Crippen molar-refractivity contribution in [2.24, 2.45) is 5.73 Å². The summed E-state index contributed by atoms with van der Waals surface area (Å²) in [5, 5.41) is 0. The summed E-state index contributed by atoms with van der Waals surface area (Å²) in [6, 6.07) is -0.178. The molecule has 2 atom stereocenters. The highest BCUT2D eigenvalue weighted by Crippen LogP contribution is 2.29. The second-order valence-electron chi connectivity index (χ2n) is 7.72. The molecule has 0 radical (unpaired) electrons. The largest absolute Gasteiger partial charge is 0.458 e. The molecule has 0 saturated carbocycles. The molecule has 1 heterocycles. The number of anilines is 1. The molecule has 156 valence electrons. The summed E-state index contributed by atoms with van der Waals surface area (Å²) in [5.41, 5.74) is 5.02. The van der Waals surface area contributed by atoms with Gasteiger partial charge in [-0.15, -0.1) is 0 Å². The smallest absolute Gasteiger partial charge is 0.332 e. The van der Waals surface area contributed by atoms with Crippen LogP contribution in [0.1, 0.15) is 40.5 Å². The van der Waals surface area contributed by atoms with Gasteiger partial charge in [0, 0.05) is 31.6 Å². The van der Waals surface area contributed by atoms with Crippen LogP contribution in [-0.2, 0) is 14.3 Å². The monoisotopic (exact) mass is 401 g/mol. The van der Waals surface area contributed by atoms with E-state index in [0.29, 0.717) is 18.6 Å². The summed E-state index contributed by atoms with van der Waals surface area (Å²) in [6.45, 7) is 6.92. The summed E-state index contributed by atoms with van der Waals surface area (Å²) in [5.74, 6) is -4.64. The van der Waals surface area contributed by atoms with Crippen LogP contribution in [0.15, 0.2) is 12.1 Å². The summed E-state index contributed by atoms with van der Waals surface area (Å²) < 4.78 is 46.8. The van der Waals surface area contributed by atoms with Crippen molar-refractivity contribution in [1.82, 2.24) is 4.90 Å². The molecule has 9 heteroatoms. The number of halogens is 3. The second kappa shape index (κ2) is 8.38. The van der Waals surface area contributed by atoms with E-state index in [9.17, 15) is 22.8 Å². The van der Waals surface area contributed by atoms with Crippen molar-refractivity contribution >= 4 is 17.6 Å². The van der Waals surface area contributed by atoms with Crippen LogP contribution in [0.4, 0.5) is 18.9 Å². The molecule has 0 spiro atoms. The molecule has 1 unspecified atom stereocenters. The van der Waals surface area contributed by atoms with Crippen LogP contribution in [0.3, 0.4) is 0 Å². The summed E-state index contributed by atoms with van der Waals surface area (Å²) in [7, 11) is 0. The highest BCUT2D eigenvalue weighted by molar-refractivity contribution is 5.84. The molecule has 1 aliphatic heterocycles. The molecule has 1 aromatic rings. The van der Waals surface area contributed by atoms with E-state index in [2.05, 4.69) is 0 Å². The van der Waals surface area contributed by atoms with E-state index in [1.54, 1.807) is 20.8 Å². The Morgan fingerprint density at radius 3 is 2.32 bits per heavy atom. The SMILES string of the molecule is CCCC(=O)N1CCN(c2cc(F)c(F)cc2F)C(C(=O)OC(C)(C)C)[C@@H]1N. The molecule has 1 saturated heterocycles. The fourth-order valence-electron chi connectivity index (χ4n) is 3.14. The third-order valence-corrected chi connectivity index (χ3v) is 4.33. The molecule has 1 fully saturated rings. The average Bonchev–Trinajstić information content (AvgIpc) is 2.56. The molecule has 28 heavy (non-hydrogen) atoms. The molecular weight excluding hydrogens is 375 g/mol. The minimum absolute atomic E-state index is 0.00898. The predicted octanol–water partition coefficient (Wildman–Crippen LogP) is 2.55. The van der Waals surface area contributed by atoms with Crippen LogP contribution >= 0.6 is 0 Å². The van der Waals surface area contributed by atoms with Gasteiger partial charge < -0.3 is 20.3 Å². The first-order valence-electron chi connectivity index (χ1n) is 9.15. The van der Waals surface area contributed by atoms with E-state index in [1.807, 2.05) is 6.92 Å². The van der Waals surface area contributed by atoms with Gasteiger partial charge in [-0.3, -0.25) is 4.79 Å². The van der Waals surface area contributed by atoms with Crippen LogP contribution in [-0.4, -0.2) is 47.7 Å². The third-order valence-electron chi connectivity index (χ3n) is 4.33. The van der Waals surface area contributed by atoms with Crippen molar-refractivity contribution in [3.8, 4) is 0 Å². The summed E-state index contributed by atoms with van der Waals surface area (Å²) in [6.07, 6.45) is -0.287. The molecule has 1 aliphatic rings. The van der Waals surface area contributed by atoms with Gasteiger partial charge in [-0.2, -0.15) is 0 Å². The van der Waals surface area contributed by atoms with Crippen molar-refractivity contribution in [3.63, 3.8) is 0 Å². The van der Waals surface area contributed by atoms with E-state index in [0.717, 1.165) is 0 Å². The van der Waals surface area contributed by atoms with E-state index in [-0.39, 0.29) is 31.1 Å². The van der Waals surface area contributed by atoms with Crippen LogP contribution in [0.5, 0.6) is 0 Å². The highest BCUT2D eigenvalue weighted by atomic mass is 19.2. The number of esters is 1. The van der Waals surface area contributed by atoms with E-state index in [4.69, 9.17) is 10.5 Å². The molecule has 0 bridgehead atoms. The highest BCUT2D eigenvalue weighted by Gasteiger charge is 2.44. The van der Waals surface area contributed by atoms with E-state index < -0.39 is 41.2 Å². The van der Waals surface area contributed by atoms with Gasteiger partial charge in [0.15, 0.2) is 17.7 Å². The number of piperazine rings is 1. The van der Waals surface area contributed by atoms with Crippen LogP contribution in [0, 0.1) is 17.5 Å². The molecule has 0 aliphatic carbocycles. The Kier molecular flexibility index (Phi) is 6.59. The van der Waals surface area contributed by atoms with Crippen molar-refractivity contribution in [2.75, 3.05) is 18.0 Å². The third kappa shape index (κ3) is 4.76. The van der Waals surface area contributed by atoms with Crippen LogP contribution in [0.2, 0.25) is 0 Å². The molecule has 6 nitrogen and oxygen atoms in total. The molecule has 1 aromatic carbocycles. The molecular formula is C19H26F3N3O3. The first-order chi connectivity index (χ1) is 13.0. The zero-order chi connectivity index (χ0) is 21.2. The lowest BCUT2D eigenvalue weighted by Gasteiger charge is -2.46. The Morgan fingerprint density at radius 2 is 1.75 bits per heavy atom. The summed E-state index contributed by atoms with van der Waals surface area (Å²) in [4.78, 5) is 27.8. The van der Waals surface area contributed by atoms with Gasteiger partial charge in [-0.05, 0) is 27.2 Å². The Bertz CT molecular complexity index is 752. The van der Waals surface area contributed by atoms with E-state index >= 15 is 0 Å². The standard InChI is InChI=1S/C19H26F3N3O3/c1-5-6-15(26)25-8-7-24(14-10-12(21)11(20)9-13(14)22)16(17(25)23)18(27)28-19(2,3)4/h9-10,16-17H,5-8,23H2,1-4H3/t16?,17-/m1/s1. The van der Waals surface area contributed by atoms with E-state index in [1.165, 1.54) is 9.80 Å². The first kappa shape index (κ1) is 22.0. The van der Waals surface area contributed by atoms with Crippen molar-refractivity contribution in [3.05, 3.63) is 29.6 Å². The van der Waals surface area contributed by atoms with Gasteiger partial charge >= 0.3 is 5.97 Å². The maximum atomic E-state index is 14.4. The number of ether oxygens (including phenoxy) is 1. The van der Waals surface area contributed by atoms with Crippen LogP contribution < -0.4 is 10.6 Å². The number of rotatable bonds is 4. The second-order valence-corrected chi connectivity index (χ2v) is 7.72. The Morgan fingerprint density at radius 1 is 1.14 bits per heavy atom. The van der Waals surface area contributed by atoms with Crippen LogP contribution in [0.25, 0.3) is 0 Å². The lowest BCUT2D eigenvalue weighted by molar-refractivity contribution is -0.160. The molecule has 2 rings (SSSR count). The van der Waals surface area contributed by atoms with Gasteiger partial charge in [-0.1, -0.05) is 6.92 Å². The van der Waals surface area contributed by atoms with Crippen molar-refractivity contribution in [2.45, 2.75) is 58.3 Å². The average molecular weight is 401 g/mol. The maximum Gasteiger partial charge on any atom is 0.332 e. The number of carbonyl (C=O) groups is 2. The first-order valence-corrected chi connectivity index (χ1v) is 9.15. The molecule has 2 N–H and O–H groups in total. The number of hydrogen-bond acceptors (Lipinski definition) is 5. The van der Waals surface area contributed by atoms with Gasteiger partial charge in [0.05, 0.1) is 5.69 Å².